The van der Waals surface area contributed by atoms with Crippen molar-refractivity contribution in [1.29, 1.82) is 0 Å². The standard InChI is InChI=1S/C16H17N3O6S/c1-3-26(22,23)11-4-5-12-13(7-11)24-16(21)9-19(12)8-15(20)17-14-6-10(2)25-18-14/h4-7H,3,8-9H2,1-2H3,(H,17,18,20). The predicted molar refractivity (Wildman–Crippen MR) is 91.9 cm³/mol. The highest BCUT2D eigenvalue weighted by atomic mass is 32.2. The molecule has 0 saturated carbocycles. The van der Waals surface area contributed by atoms with Gasteiger partial charge in [0, 0.05) is 12.1 Å². The Bertz CT molecular complexity index is 966. The zero-order valence-corrected chi connectivity index (χ0v) is 15.0. The number of nitrogens with zero attached hydrogens (tertiary/aromatic N) is 2. The number of aryl methyl sites for hydroxylation is 1. The maximum atomic E-state index is 12.2. The maximum absolute atomic E-state index is 12.2. The topological polar surface area (TPSA) is 119 Å². The number of carbonyl (C=O) groups is 2. The Morgan fingerprint density at radius 2 is 2.12 bits per heavy atom. The first kappa shape index (κ1) is 17.9. The van der Waals surface area contributed by atoms with Gasteiger partial charge in [0.05, 0.1) is 22.9 Å². The van der Waals surface area contributed by atoms with Crippen LogP contribution < -0.4 is 15.0 Å². The smallest absolute Gasteiger partial charge is 0.331 e. The highest BCUT2D eigenvalue weighted by molar-refractivity contribution is 7.91. The van der Waals surface area contributed by atoms with Crippen LogP contribution in [0.5, 0.6) is 5.75 Å². The summed E-state index contributed by atoms with van der Waals surface area (Å²) >= 11 is 0. The van der Waals surface area contributed by atoms with E-state index < -0.39 is 21.7 Å². The summed E-state index contributed by atoms with van der Waals surface area (Å²) in [7, 11) is -3.44. The van der Waals surface area contributed by atoms with E-state index in [2.05, 4.69) is 10.5 Å². The number of aromatic nitrogens is 1. The molecule has 0 unspecified atom stereocenters. The number of ether oxygens (including phenoxy) is 1. The van der Waals surface area contributed by atoms with E-state index in [9.17, 15) is 18.0 Å². The lowest BCUT2D eigenvalue weighted by molar-refractivity contribution is -0.133. The van der Waals surface area contributed by atoms with E-state index in [1.807, 2.05) is 0 Å². The minimum absolute atomic E-state index is 0.0657. The lowest BCUT2D eigenvalue weighted by Gasteiger charge is -2.29. The molecule has 1 aliphatic heterocycles. The number of carbonyl (C=O) groups excluding carboxylic acids is 2. The maximum Gasteiger partial charge on any atom is 0.331 e. The summed E-state index contributed by atoms with van der Waals surface area (Å²) in [6.45, 7) is 2.97. The van der Waals surface area contributed by atoms with Crippen LogP contribution in [0.1, 0.15) is 12.7 Å². The number of esters is 1. The van der Waals surface area contributed by atoms with Crippen LogP contribution >= 0.6 is 0 Å². The molecule has 0 saturated heterocycles. The lowest BCUT2D eigenvalue weighted by atomic mass is 10.2. The Morgan fingerprint density at radius 1 is 1.35 bits per heavy atom. The van der Waals surface area contributed by atoms with Crippen LogP contribution in [-0.2, 0) is 19.4 Å². The fraction of sp³-hybridized carbons (Fsp3) is 0.312. The first-order valence-corrected chi connectivity index (χ1v) is 9.49. The minimum Gasteiger partial charge on any atom is -0.423 e. The molecule has 2 aromatic rings. The second-order valence-corrected chi connectivity index (χ2v) is 8.01. The molecule has 0 spiro atoms. The molecule has 1 aliphatic rings. The van der Waals surface area contributed by atoms with E-state index >= 15 is 0 Å². The van der Waals surface area contributed by atoms with Crippen molar-refractivity contribution in [1.82, 2.24) is 5.16 Å². The fourth-order valence-electron chi connectivity index (χ4n) is 2.52. The van der Waals surface area contributed by atoms with Gasteiger partial charge in [-0.2, -0.15) is 0 Å². The Morgan fingerprint density at radius 3 is 2.77 bits per heavy atom. The van der Waals surface area contributed by atoms with Gasteiger partial charge in [-0.25, -0.2) is 13.2 Å². The molecule has 0 bridgehead atoms. The molecule has 3 rings (SSSR count). The van der Waals surface area contributed by atoms with Crippen LogP contribution in [0.25, 0.3) is 0 Å². The summed E-state index contributed by atoms with van der Waals surface area (Å²) in [5.41, 5.74) is 0.464. The molecule has 0 atom stereocenters. The van der Waals surface area contributed by atoms with E-state index in [1.54, 1.807) is 13.0 Å². The Kier molecular flexibility index (Phi) is 4.68. The molecular weight excluding hydrogens is 362 g/mol. The fourth-order valence-corrected chi connectivity index (χ4v) is 3.41. The van der Waals surface area contributed by atoms with Gasteiger partial charge < -0.3 is 19.5 Å². The number of benzene rings is 1. The van der Waals surface area contributed by atoms with Crippen molar-refractivity contribution in [2.75, 3.05) is 29.1 Å². The van der Waals surface area contributed by atoms with Gasteiger partial charge in [-0.15, -0.1) is 0 Å². The molecule has 1 amide bonds. The predicted octanol–water partition coefficient (Wildman–Crippen LogP) is 1.14. The number of sulfone groups is 1. The normalized spacial score (nSPS) is 13.9. The SMILES string of the molecule is CCS(=O)(=O)c1ccc2c(c1)OC(=O)CN2CC(=O)Nc1cc(C)on1. The van der Waals surface area contributed by atoms with Gasteiger partial charge in [0.2, 0.25) is 5.91 Å². The van der Waals surface area contributed by atoms with Gasteiger partial charge >= 0.3 is 5.97 Å². The van der Waals surface area contributed by atoms with Crippen molar-refractivity contribution >= 4 is 33.2 Å². The van der Waals surface area contributed by atoms with E-state index in [0.717, 1.165) is 0 Å². The summed E-state index contributed by atoms with van der Waals surface area (Å²) in [4.78, 5) is 25.6. The second-order valence-electron chi connectivity index (χ2n) is 5.73. The van der Waals surface area contributed by atoms with Gasteiger partial charge in [0.15, 0.2) is 21.4 Å². The quantitative estimate of drug-likeness (QED) is 0.607. The summed E-state index contributed by atoms with van der Waals surface area (Å²) in [6.07, 6.45) is 0. The van der Waals surface area contributed by atoms with Gasteiger partial charge in [0.25, 0.3) is 0 Å². The number of hydrogen-bond donors (Lipinski definition) is 1. The zero-order valence-electron chi connectivity index (χ0n) is 14.2. The number of anilines is 2. The average Bonchev–Trinajstić information content (AvgIpc) is 2.98. The van der Waals surface area contributed by atoms with E-state index in [4.69, 9.17) is 9.26 Å². The Balaban J connectivity index is 1.82. The third-order valence-electron chi connectivity index (χ3n) is 3.78. The first-order chi connectivity index (χ1) is 12.3. The zero-order chi connectivity index (χ0) is 18.9. The molecule has 1 aromatic heterocycles. The van der Waals surface area contributed by atoms with Crippen molar-refractivity contribution in [3.8, 4) is 5.75 Å². The third kappa shape index (κ3) is 3.69. The van der Waals surface area contributed by atoms with E-state index in [-0.39, 0.29) is 35.3 Å². The Labute approximate surface area is 149 Å². The number of rotatable bonds is 5. The molecule has 1 aromatic carbocycles. The lowest BCUT2D eigenvalue weighted by Crippen LogP contribution is -2.41. The molecule has 10 heteroatoms. The third-order valence-corrected chi connectivity index (χ3v) is 5.52. The van der Waals surface area contributed by atoms with Gasteiger partial charge in [-0.3, -0.25) is 4.79 Å². The van der Waals surface area contributed by atoms with Gasteiger partial charge in [0.1, 0.15) is 12.3 Å². The molecule has 0 fully saturated rings. The van der Waals surface area contributed by atoms with Crippen molar-refractivity contribution < 1.29 is 27.3 Å². The van der Waals surface area contributed by atoms with Crippen molar-refractivity contribution in [2.24, 2.45) is 0 Å². The highest BCUT2D eigenvalue weighted by Crippen LogP contribution is 2.34. The van der Waals surface area contributed by atoms with Gasteiger partial charge in [-0.05, 0) is 19.1 Å². The van der Waals surface area contributed by atoms with Gasteiger partial charge in [-0.1, -0.05) is 12.1 Å². The molecule has 26 heavy (non-hydrogen) atoms. The van der Waals surface area contributed by atoms with Crippen LogP contribution in [-0.4, -0.2) is 44.3 Å². The average molecular weight is 379 g/mol. The van der Waals surface area contributed by atoms with Crippen molar-refractivity contribution in [3.63, 3.8) is 0 Å². The summed E-state index contributed by atoms with van der Waals surface area (Å²) in [5.74, 6) is -0.101. The van der Waals surface area contributed by atoms with Crippen molar-refractivity contribution in [2.45, 2.75) is 18.7 Å². The molecular formula is C16H17N3O6S. The van der Waals surface area contributed by atoms with Crippen LogP contribution in [0.2, 0.25) is 0 Å². The highest BCUT2D eigenvalue weighted by Gasteiger charge is 2.27. The number of amides is 1. The molecule has 0 aliphatic carbocycles. The largest absolute Gasteiger partial charge is 0.423 e. The minimum atomic E-state index is -3.44. The van der Waals surface area contributed by atoms with Crippen LogP contribution in [0.3, 0.4) is 0 Å². The summed E-state index contributed by atoms with van der Waals surface area (Å²) in [5, 5.41) is 6.24. The van der Waals surface area contributed by atoms with E-state index in [1.165, 1.54) is 30.0 Å². The molecule has 0 radical (unpaired) electrons. The van der Waals surface area contributed by atoms with Crippen LogP contribution in [0, 0.1) is 6.92 Å². The van der Waals surface area contributed by atoms with Crippen LogP contribution in [0.15, 0.2) is 33.7 Å². The van der Waals surface area contributed by atoms with Crippen LogP contribution in [0.4, 0.5) is 11.5 Å². The number of hydrogen-bond acceptors (Lipinski definition) is 8. The molecule has 9 nitrogen and oxygen atoms in total. The number of nitrogens with one attached hydrogen (secondary N) is 1. The number of fused-ring (bicyclic) bond motifs is 1. The van der Waals surface area contributed by atoms with E-state index in [0.29, 0.717) is 11.4 Å². The monoisotopic (exact) mass is 379 g/mol. The first-order valence-electron chi connectivity index (χ1n) is 7.84. The molecule has 1 N–H and O–H groups in total. The molecule has 2 heterocycles. The Hall–Kier alpha value is -2.88. The van der Waals surface area contributed by atoms with Crippen molar-refractivity contribution in [3.05, 3.63) is 30.0 Å². The summed E-state index contributed by atoms with van der Waals surface area (Å²) in [6, 6.07) is 5.83. The summed E-state index contributed by atoms with van der Waals surface area (Å²) < 4.78 is 34.0. The second kappa shape index (κ2) is 6.79. The molecule has 138 valence electrons.